The highest BCUT2D eigenvalue weighted by molar-refractivity contribution is 9.11. The van der Waals surface area contributed by atoms with E-state index in [1.54, 1.807) is 16.8 Å². The number of hydrogen-bond acceptors (Lipinski definition) is 2. The Morgan fingerprint density at radius 2 is 2.00 bits per heavy atom. The van der Waals surface area contributed by atoms with E-state index in [4.69, 9.17) is 0 Å². The summed E-state index contributed by atoms with van der Waals surface area (Å²) >= 11 is 6.61. The number of pyridine rings is 1. The Morgan fingerprint density at radius 1 is 1.38 bits per heavy atom. The second-order valence-electron chi connectivity index (χ2n) is 4.68. The van der Waals surface area contributed by atoms with E-state index in [1.807, 2.05) is 0 Å². The van der Waals surface area contributed by atoms with Crippen molar-refractivity contribution in [3.05, 3.63) is 31.6 Å². The number of hydrogen-bond donors (Lipinski definition) is 1. The monoisotopic (exact) mass is 350 g/mol. The summed E-state index contributed by atoms with van der Waals surface area (Å²) in [4.78, 5) is 11.7. The lowest BCUT2D eigenvalue weighted by Crippen LogP contribution is -2.39. The molecule has 3 nitrogen and oxygen atoms in total. The van der Waals surface area contributed by atoms with E-state index in [0.717, 1.165) is 11.0 Å². The van der Waals surface area contributed by atoms with E-state index < -0.39 is 0 Å². The van der Waals surface area contributed by atoms with Crippen molar-refractivity contribution in [2.45, 2.75) is 32.9 Å². The van der Waals surface area contributed by atoms with Crippen molar-refractivity contribution in [1.29, 1.82) is 0 Å². The maximum atomic E-state index is 11.7. The van der Waals surface area contributed by atoms with Crippen LogP contribution in [-0.4, -0.2) is 16.7 Å². The Hall–Kier alpha value is -0.130. The first kappa shape index (κ1) is 13.9. The quantitative estimate of drug-likeness (QED) is 0.908. The van der Waals surface area contributed by atoms with Gasteiger partial charge < -0.3 is 9.88 Å². The van der Waals surface area contributed by atoms with Gasteiger partial charge in [0.05, 0.1) is 4.47 Å². The molecule has 5 heteroatoms. The Kier molecular flexibility index (Phi) is 4.76. The van der Waals surface area contributed by atoms with E-state index in [1.165, 1.54) is 0 Å². The molecular weight excluding hydrogens is 336 g/mol. The van der Waals surface area contributed by atoms with Crippen molar-refractivity contribution >= 4 is 31.9 Å². The van der Waals surface area contributed by atoms with Gasteiger partial charge in [0.1, 0.15) is 0 Å². The summed E-state index contributed by atoms with van der Waals surface area (Å²) in [5.41, 5.74) is 0.0752. The van der Waals surface area contributed by atoms with Gasteiger partial charge in [-0.3, -0.25) is 4.79 Å². The van der Waals surface area contributed by atoms with Crippen LogP contribution < -0.4 is 10.9 Å². The molecule has 0 saturated carbocycles. The molecule has 1 heterocycles. The van der Waals surface area contributed by atoms with E-state index >= 15 is 0 Å². The van der Waals surface area contributed by atoms with E-state index in [2.05, 4.69) is 57.9 Å². The van der Waals surface area contributed by atoms with Crippen molar-refractivity contribution < 1.29 is 0 Å². The minimum atomic E-state index is -0.00101. The average molecular weight is 352 g/mol. The molecule has 0 saturated heterocycles. The molecule has 90 valence electrons. The first-order chi connectivity index (χ1) is 7.29. The largest absolute Gasteiger partial charge is 0.312 e. The predicted molar refractivity (Wildman–Crippen MR) is 73.9 cm³/mol. The zero-order valence-corrected chi connectivity index (χ0v) is 12.9. The number of nitrogens with one attached hydrogen (secondary N) is 1. The second-order valence-corrected chi connectivity index (χ2v) is 6.45. The van der Waals surface area contributed by atoms with Gasteiger partial charge in [-0.25, -0.2) is 0 Å². The second kappa shape index (κ2) is 5.47. The van der Waals surface area contributed by atoms with E-state index in [0.29, 0.717) is 11.0 Å². The third kappa shape index (κ3) is 4.39. The van der Waals surface area contributed by atoms with Crippen LogP contribution in [-0.2, 0) is 6.54 Å². The molecule has 16 heavy (non-hydrogen) atoms. The molecule has 1 aromatic heterocycles. The van der Waals surface area contributed by atoms with Gasteiger partial charge >= 0.3 is 0 Å². The Balaban J connectivity index is 2.71. The Bertz CT molecular complexity index is 421. The normalized spacial score (nSPS) is 11.8. The molecule has 1 N–H and O–H groups in total. The fourth-order valence-electron chi connectivity index (χ4n) is 1.28. The van der Waals surface area contributed by atoms with Crippen LogP contribution in [0.1, 0.15) is 20.8 Å². The van der Waals surface area contributed by atoms with Crippen LogP contribution in [0.2, 0.25) is 0 Å². The molecule has 0 atom stereocenters. The highest BCUT2D eigenvalue weighted by Crippen LogP contribution is 2.12. The molecule has 1 aromatic rings. The van der Waals surface area contributed by atoms with E-state index in [-0.39, 0.29) is 11.1 Å². The highest BCUT2D eigenvalue weighted by atomic mass is 79.9. The number of nitrogens with zero attached hydrogens (tertiary/aromatic N) is 1. The molecule has 0 amide bonds. The third-order valence-corrected chi connectivity index (χ3v) is 3.02. The molecule has 0 aliphatic carbocycles. The summed E-state index contributed by atoms with van der Waals surface area (Å²) in [6.07, 6.45) is 1.80. The van der Waals surface area contributed by atoms with Gasteiger partial charge in [-0.05, 0) is 58.7 Å². The minimum Gasteiger partial charge on any atom is -0.312 e. The summed E-state index contributed by atoms with van der Waals surface area (Å²) in [6, 6.07) is 1.76. The first-order valence-corrected chi connectivity index (χ1v) is 6.69. The van der Waals surface area contributed by atoms with Gasteiger partial charge in [-0.2, -0.15) is 0 Å². The standard InChI is InChI=1S/C11H16Br2N2O/c1-11(2,3)14-4-5-15-7-8(12)6-9(13)10(15)16/h6-7,14H,4-5H2,1-3H3. The van der Waals surface area contributed by atoms with Crippen LogP contribution >= 0.6 is 31.9 Å². The molecule has 0 radical (unpaired) electrons. The van der Waals surface area contributed by atoms with Gasteiger partial charge in [0.2, 0.25) is 0 Å². The molecular formula is C11H16Br2N2O. The van der Waals surface area contributed by atoms with Crippen LogP contribution in [0.5, 0.6) is 0 Å². The smallest absolute Gasteiger partial charge is 0.264 e. The maximum absolute atomic E-state index is 11.7. The zero-order chi connectivity index (χ0) is 12.3. The third-order valence-electron chi connectivity index (χ3n) is 2.02. The van der Waals surface area contributed by atoms with Gasteiger partial charge in [-0.1, -0.05) is 0 Å². The molecule has 0 spiro atoms. The predicted octanol–water partition coefficient (Wildman–Crippen LogP) is 2.76. The van der Waals surface area contributed by atoms with Crippen LogP contribution in [0.4, 0.5) is 0 Å². The van der Waals surface area contributed by atoms with Gasteiger partial charge in [-0.15, -0.1) is 0 Å². The number of halogens is 2. The van der Waals surface area contributed by atoms with Crippen molar-refractivity contribution in [2.75, 3.05) is 6.54 Å². The SMILES string of the molecule is CC(C)(C)NCCn1cc(Br)cc(Br)c1=O. The maximum Gasteiger partial charge on any atom is 0.264 e. The Morgan fingerprint density at radius 3 is 2.56 bits per heavy atom. The molecule has 0 aliphatic rings. The summed E-state index contributed by atoms with van der Waals surface area (Å²) in [5, 5.41) is 3.35. The van der Waals surface area contributed by atoms with Crippen molar-refractivity contribution in [2.24, 2.45) is 0 Å². The van der Waals surface area contributed by atoms with Crippen LogP contribution in [0, 0.1) is 0 Å². The van der Waals surface area contributed by atoms with E-state index in [9.17, 15) is 4.79 Å². The highest BCUT2D eigenvalue weighted by Gasteiger charge is 2.08. The fourth-order valence-corrected chi connectivity index (χ4v) is 2.54. The molecule has 0 bridgehead atoms. The first-order valence-electron chi connectivity index (χ1n) is 5.10. The average Bonchev–Trinajstić information content (AvgIpc) is 2.11. The molecule has 1 rings (SSSR count). The minimum absolute atomic E-state index is 0.00101. The summed E-state index contributed by atoms with van der Waals surface area (Å²) in [6.45, 7) is 7.74. The van der Waals surface area contributed by atoms with Crippen molar-refractivity contribution in [3.8, 4) is 0 Å². The number of rotatable bonds is 3. The molecule has 0 aliphatic heterocycles. The van der Waals surface area contributed by atoms with Gasteiger partial charge in [0, 0.05) is 29.3 Å². The lowest BCUT2D eigenvalue weighted by atomic mass is 10.1. The zero-order valence-electron chi connectivity index (χ0n) is 9.68. The molecule has 0 unspecified atom stereocenters. The van der Waals surface area contributed by atoms with Crippen molar-refractivity contribution in [3.63, 3.8) is 0 Å². The van der Waals surface area contributed by atoms with Crippen LogP contribution in [0.25, 0.3) is 0 Å². The van der Waals surface area contributed by atoms with Crippen LogP contribution in [0.3, 0.4) is 0 Å². The lowest BCUT2D eigenvalue weighted by Gasteiger charge is -2.20. The Labute approximate surface area is 112 Å². The van der Waals surface area contributed by atoms with Gasteiger partial charge in [0.15, 0.2) is 0 Å². The fraction of sp³-hybridized carbons (Fsp3) is 0.545. The number of aromatic nitrogens is 1. The summed E-state index contributed by atoms with van der Waals surface area (Å²) < 4.78 is 3.17. The lowest BCUT2D eigenvalue weighted by molar-refractivity contribution is 0.410. The topological polar surface area (TPSA) is 34.0 Å². The molecule has 0 fully saturated rings. The van der Waals surface area contributed by atoms with Crippen LogP contribution in [0.15, 0.2) is 26.0 Å². The molecule has 0 aromatic carbocycles. The van der Waals surface area contributed by atoms with Gasteiger partial charge in [0.25, 0.3) is 5.56 Å². The van der Waals surface area contributed by atoms with Crippen molar-refractivity contribution in [1.82, 2.24) is 9.88 Å². The summed E-state index contributed by atoms with van der Waals surface area (Å²) in [5.74, 6) is 0. The summed E-state index contributed by atoms with van der Waals surface area (Å²) in [7, 11) is 0.